The van der Waals surface area contributed by atoms with Gasteiger partial charge in [-0.05, 0) is 42.7 Å². The monoisotopic (exact) mass is 398 g/mol. The van der Waals surface area contributed by atoms with Gasteiger partial charge in [0.05, 0.1) is 12.2 Å². The van der Waals surface area contributed by atoms with Crippen molar-refractivity contribution >= 4 is 32.7 Å². The normalized spacial score (nSPS) is 20.0. The summed E-state index contributed by atoms with van der Waals surface area (Å²) in [5.74, 6) is -0.0981. The lowest BCUT2D eigenvalue weighted by Crippen LogP contribution is -2.32. The summed E-state index contributed by atoms with van der Waals surface area (Å²) in [4.78, 5) is 15.6. The fourth-order valence-corrected chi connectivity index (χ4v) is 3.68. The lowest BCUT2D eigenvalue weighted by Gasteiger charge is -2.14. The number of amides is 1. The Balaban J connectivity index is 1.35. The van der Waals surface area contributed by atoms with Gasteiger partial charge in [-0.25, -0.2) is 0 Å². The third-order valence-corrected chi connectivity index (χ3v) is 5.09. The molecule has 1 aliphatic heterocycles. The van der Waals surface area contributed by atoms with E-state index >= 15 is 0 Å². The summed E-state index contributed by atoms with van der Waals surface area (Å²) in [5.41, 5.74) is 2.73. The Kier molecular flexibility index (Phi) is 4.59. The van der Waals surface area contributed by atoms with Crippen LogP contribution >= 0.6 is 15.9 Å². The first-order chi connectivity index (χ1) is 12.2. The predicted octanol–water partition coefficient (Wildman–Crippen LogP) is 4.58. The average Bonchev–Trinajstić information content (AvgIpc) is 3.27. The number of hydrogen-bond acceptors (Lipinski definition) is 2. The number of rotatable bonds is 4. The second-order valence-corrected chi connectivity index (χ2v) is 7.28. The summed E-state index contributed by atoms with van der Waals surface area (Å²) in [6, 6.07) is 18.0. The van der Waals surface area contributed by atoms with Gasteiger partial charge >= 0.3 is 0 Å². The average molecular weight is 399 g/mol. The van der Waals surface area contributed by atoms with E-state index in [1.807, 2.05) is 42.5 Å². The number of H-pyrrole nitrogens is 1. The van der Waals surface area contributed by atoms with E-state index in [-0.39, 0.29) is 18.1 Å². The second-order valence-electron chi connectivity index (χ2n) is 6.36. The van der Waals surface area contributed by atoms with E-state index in [0.29, 0.717) is 12.2 Å². The SMILES string of the molecule is O=C(NCC1CCC(c2ccccc2)O1)c1cc2cc(Br)ccc2[nH]1. The molecule has 4 nitrogen and oxygen atoms in total. The van der Waals surface area contributed by atoms with Crippen LogP contribution in [0.15, 0.2) is 59.1 Å². The summed E-state index contributed by atoms with van der Waals surface area (Å²) in [5, 5.41) is 4.00. The van der Waals surface area contributed by atoms with Crippen LogP contribution in [0.25, 0.3) is 10.9 Å². The molecule has 2 N–H and O–H groups in total. The molecule has 2 aromatic carbocycles. The number of carbonyl (C=O) groups is 1. The molecule has 0 radical (unpaired) electrons. The molecule has 128 valence electrons. The molecule has 2 atom stereocenters. The van der Waals surface area contributed by atoms with Crippen LogP contribution in [-0.4, -0.2) is 23.5 Å². The Morgan fingerprint density at radius 3 is 2.84 bits per heavy atom. The highest BCUT2D eigenvalue weighted by Gasteiger charge is 2.26. The van der Waals surface area contributed by atoms with Crippen molar-refractivity contribution in [1.82, 2.24) is 10.3 Å². The molecule has 4 rings (SSSR count). The Bertz CT molecular complexity index is 891. The van der Waals surface area contributed by atoms with Crippen LogP contribution in [0.1, 0.15) is 35.0 Å². The molecule has 0 spiro atoms. The van der Waals surface area contributed by atoms with Gasteiger partial charge in [0.25, 0.3) is 5.91 Å². The van der Waals surface area contributed by atoms with E-state index in [1.165, 1.54) is 5.56 Å². The van der Waals surface area contributed by atoms with Gasteiger partial charge in [-0.3, -0.25) is 4.79 Å². The molecule has 0 saturated carbocycles. The first-order valence-electron chi connectivity index (χ1n) is 8.46. The first-order valence-corrected chi connectivity index (χ1v) is 9.25. The van der Waals surface area contributed by atoms with E-state index in [2.05, 4.69) is 38.4 Å². The van der Waals surface area contributed by atoms with Crippen molar-refractivity contribution in [2.24, 2.45) is 0 Å². The van der Waals surface area contributed by atoms with Crippen LogP contribution in [0.4, 0.5) is 0 Å². The van der Waals surface area contributed by atoms with Gasteiger partial charge < -0.3 is 15.0 Å². The fourth-order valence-electron chi connectivity index (χ4n) is 3.30. The van der Waals surface area contributed by atoms with E-state index in [4.69, 9.17) is 4.74 Å². The van der Waals surface area contributed by atoms with Crippen LogP contribution in [0, 0.1) is 0 Å². The highest BCUT2D eigenvalue weighted by atomic mass is 79.9. The maximum Gasteiger partial charge on any atom is 0.267 e. The quantitative estimate of drug-likeness (QED) is 0.675. The van der Waals surface area contributed by atoms with Gasteiger partial charge in [0.1, 0.15) is 5.69 Å². The minimum atomic E-state index is -0.0981. The highest BCUT2D eigenvalue weighted by molar-refractivity contribution is 9.10. The Labute approximate surface area is 154 Å². The van der Waals surface area contributed by atoms with Crippen molar-refractivity contribution in [3.05, 3.63) is 70.3 Å². The molecule has 1 amide bonds. The van der Waals surface area contributed by atoms with Crippen LogP contribution in [0.5, 0.6) is 0 Å². The van der Waals surface area contributed by atoms with Crippen molar-refractivity contribution < 1.29 is 9.53 Å². The predicted molar refractivity (Wildman–Crippen MR) is 102 cm³/mol. The largest absolute Gasteiger partial charge is 0.368 e. The number of hydrogen-bond donors (Lipinski definition) is 2. The standard InChI is InChI=1S/C20H19BrN2O2/c21-15-6-8-17-14(10-15)11-18(23-17)20(24)22-12-16-7-9-19(25-16)13-4-2-1-3-5-13/h1-6,8,10-11,16,19,23H,7,9,12H2,(H,22,24). The molecule has 0 aliphatic carbocycles. The van der Waals surface area contributed by atoms with Gasteiger partial charge in [-0.15, -0.1) is 0 Å². The number of aromatic amines is 1. The summed E-state index contributed by atoms with van der Waals surface area (Å²) in [7, 11) is 0. The zero-order valence-corrected chi connectivity index (χ0v) is 15.3. The fraction of sp³-hybridized carbons (Fsp3) is 0.250. The Morgan fingerprint density at radius 2 is 2.00 bits per heavy atom. The first kappa shape index (κ1) is 16.4. The summed E-state index contributed by atoms with van der Waals surface area (Å²) in [6.45, 7) is 0.529. The highest BCUT2D eigenvalue weighted by Crippen LogP contribution is 2.32. The molecule has 3 aromatic rings. The lowest BCUT2D eigenvalue weighted by molar-refractivity contribution is 0.0435. The number of aromatic nitrogens is 1. The van der Waals surface area contributed by atoms with Crippen molar-refractivity contribution in [2.75, 3.05) is 6.54 Å². The molecule has 1 aliphatic rings. The van der Waals surface area contributed by atoms with Gasteiger partial charge in [0.2, 0.25) is 0 Å². The van der Waals surface area contributed by atoms with Crippen LogP contribution in [-0.2, 0) is 4.74 Å². The summed E-state index contributed by atoms with van der Waals surface area (Å²) in [6.07, 6.45) is 2.14. The van der Waals surface area contributed by atoms with Crippen LogP contribution in [0.3, 0.4) is 0 Å². The lowest BCUT2D eigenvalue weighted by atomic mass is 10.1. The maximum absolute atomic E-state index is 12.4. The molecule has 5 heteroatoms. The topological polar surface area (TPSA) is 54.1 Å². The van der Waals surface area contributed by atoms with Crippen LogP contribution < -0.4 is 5.32 Å². The van der Waals surface area contributed by atoms with Gasteiger partial charge in [-0.1, -0.05) is 46.3 Å². The minimum absolute atomic E-state index is 0.0627. The number of fused-ring (bicyclic) bond motifs is 1. The number of ether oxygens (including phenoxy) is 1. The molecule has 1 aromatic heterocycles. The third-order valence-electron chi connectivity index (χ3n) is 4.60. The van der Waals surface area contributed by atoms with Crippen molar-refractivity contribution in [3.63, 3.8) is 0 Å². The summed E-state index contributed by atoms with van der Waals surface area (Å²) < 4.78 is 7.07. The summed E-state index contributed by atoms with van der Waals surface area (Å²) >= 11 is 3.45. The maximum atomic E-state index is 12.4. The third kappa shape index (κ3) is 3.62. The van der Waals surface area contributed by atoms with E-state index in [0.717, 1.165) is 28.2 Å². The molecular formula is C20H19BrN2O2. The van der Waals surface area contributed by atoms with Crippen molar-refractivity contribution in [2.45, 2.75) is 25.0 Å². The molecule has 2 unspecified atom stereocenters. The number of carbonyl (C=O) groups excluding carboxylic acids is 1. The minimum Gasteiger partial charge on any atom is -0.368 e. The molecule has 25 heavy (non-hydrogen) atoms. The molecule has 1 fully saturated rings. The van der Waals surface area contributed by atoms with Crippen LogP contribution in [0.2, 0.25) is 0 Å². The number of benzene rings is 2. The van der Waals surface area contributed by atoms with Crippen molar-refractivity contribution in [3.8, 4) is 0 Å². The molecule has 1 saturated heterocycles. The molecule has 2 heterocycles. The van der Waals surface area contributed by atoms with E-state index in [1.54, 1.807) is 0 Å². The number of nitrogens with one attached hydrogen (secondary N) is 2. The molecular weight excluding hydrogens is 380 g/mol. The zero-order chi connectivity index (χ0) is 17.2. The van der Waals surface area contributed by atoms with E-state index < -0.39 is 0 Å². The zero-order valence-electron chi connectivity index (χ0n) is 13.7. The van der Waals surface area contributed by atoms with Gasteiger partial charge in [0, 0.05) is 21.9 Å². The van der Waals surface area contributed by atoms with Gasteiger partial charge in [0.15, 0.2) is 0 Å². The second kappa shape index (κ2) is 7.02. The molecule has 0 bridgehead atoms. The van der Waals surface area contributed by atoms with E-state index in [9.17, 15) is 4.79 Å². The smallest absolute Gasteiger partial charge is 0.267 e. The Hall–Kier alpha value is -2.11. The Morgan fingerprint density at radius 1 is 1.16 bits per heavy atom. The number of halogens is 1. The van der Waals surface area contributed by atoms with Crippen molar-refractivity contribution in [1.29, 1.82) is 0 Å². The van der Waals surface area contributed by atoms with Gasteiger partial charge in [-0.2, -0.15) is 0 Å².